The third-order valence-corrected chi connectivity index (χ3v) is 6.54. The summed E-state index contributed by atoms with van der Waals surface area (Å²) in [5.74, 6) is 0.994. The zero-order valence-electron chi connectivity index (χ0n) is 15.8. The zero-order chi connectivity index (χ0) is 18.6. The number of sulfonamides is 1. The Bertz CT molecular complexity index is 712. The molecule has 2 N–H and O–H groups in total. The summed E-state index contributed by atoms with van der Waals surface area (Å²) in [6.45, 7) is 4.48. The molecule has 1 saturated heterocycles. The van der Waals surface area contributed by atoms with Gasteiger partial charge in [-0.15, -0.1) is 12.4 Å². The fraction of sp³-hybridized carbons (Fsp3) is 0.632. The molecule has 1 amide bonds. The predicted octanol–water partition coefficient (Wildman–Crippen LogP) is 2.86. The van der Waals surface area contributed by atoms with Crippen molar-refractivity contribution in [1.82, 2.24) is 10.2 Å². The van der Waals surface area contributed by atoms with Gasteiger partial charge in [0.15, 0.2) is 0 Å². The van der Waals surface area contributed by atoms with E-state index in [4.69, 9.17) is 0 Å². The van der Waals surface area contributed by atoms with E-state index >= 15 is 0 Å². The number of piperidine rings is 1. The van der Waals surface area contributed by atoms with Gasteiger partial charge in [0.25, 0.3) is 5.91 Å². The number of rotatable bonds is 8. The molecule has 3 rings (SSSR count). The minimum atomic E-state index is -3.30. The van der Waals surface area contributed by atoms with Crippen LogP contribution in [0.2, 0.25) is 0 Å². The van der Waals surface area contributed by atoms with E-state index in [0.717, 1.165) is 38.4 Å². The molecule has 6 nitrogen and oxygen atoms in total. The van der Waals surface area contributed by atoms with Gasteiger partial charge in [-0.25, -0.2) is 8.42 Å². The highest BCUT2D eigenvalue weighted by molar-refractivity contribution is 7.92. The fourth-order valence-corrected chi connectivity index (χ4v) is 4.44. The Morgan fingerprint density at radius 3 is 2.30 bits per heavy atom. The van der Waals surface area contributed by atoms with E-state index in [1.807, 2.05) is 11.8 Å². The molecule has 2 aliphatic rings. The Morgan fingerprint density at radius 1 is 1.11 bits per heavy atom. The molecule has 27 heavy (non-hydrogen) atoms. The Morgan fingerprint density at radius 2 is 1.74 bits per heavy atom. The SMILES string of the molecule is CCCS(=O)(=O)Nc1ccc(C(=O)N2CCC(NCC3CC3)CC2)cc1.Cl. The number of carbonyl (C=O) groups is 1. The molecule has 2 fully saturated rings. The number of anilines is 1. The number of nitrogens with one attached hydrogen (secondary N) is 2. The van der Waals surface area contributed by atoms with Gasteiger partial charge in [-0.2, -0.15) is 0 Å². The summed E-state index contributed by atoms with van der Waals surface area (Å²) < 4.78 is 26.1. The Balaban J connectivity index is 0.00000261. The van der Waals surface area contributed by atoms with Crippen LogP contribution < -0.4 is 10.0 Å². The highest BCUT2D eigenvalue weighted by Crippen LogP contribution is 2.28. The summed E-state index contributed by atoms with van der Waals surface area (Å²) in [4.78, 5) is 14.5. The van der Waals surface area contributed by atoms with Gasteiger partial charge in [-0.05, 0) is 68.8 Å². The maximum atomic E-state index is 12.6. The van der Waals surface area contributed by atoms with Crippen LogP contribution in [0.1, 0.15) is 49.4 Å². The van der Waals surface area contributed by atoms with Gasteiger partial charge in [-0.3, -0.25) is 9.52 Å². The van der Waals surface area contributed by atoms with Crippen LogP contribution >= 0.6 is 12.4 Å². The average molecular weight is 416 g/mol. The van der Waals surface area contributed by atoms with E-state index in [-0.39, 0.29) is 24.1 Å². The third kappa shape index (κ3) is 6.66. The average Bonchev–Trinajstić information content (AvgIpc) is 3.44. The number of carbonyl (C=O) groups excluding carboxylic acids is 1. The first-order valence-corrected chi connectivity index (χ1v) is 11.3. The Kier molecular flexibility index (Phi) is 7.94. The second kappa shape index (κ2) is 9.75. The van der Waals surface area contributed by atoms with Gasteiger partial charge in [0.05, 0.1) is 5.75 Å². The van der Waals surface area contributed by atoms with Gasteiger partial charge >= 0.3 is 0 Å². The van der Waals surface area contributed by atoms with Gasteiger partial charge < -0.3 is 10.2 Å². The molecule has 0 radical (unpaired) electrons. The number of benzene rings is 1. The predicted molar refractivity (Wildman–Crippen MR) is 111 cm³/mol. The second-order valence-electron chi connectivity index (χ2n) is 7.42. The van der Waals surface area contributed by atoms with Crippen molar-refractivity contribution >= 4 is 34.0 Å². The molecule has 8 heteroatoms. The lowest BCUT2D eigenvalue weighted by molar-refractivity contribution is 0.0705. The van der Waals surface area contributed by atoms with Crippen molar-refractivity contribution < 1.29 is 13.2 Å². The van der Waals surface area contributed by atoms with E-state index in [1.54, 1.807) is 24.3 Å². The highest BCUT2D eigenvalue weighted by Gasteiger charge is 2.26. The van der Waals surface area contributed by atoms with Crippen LogP contribution in [-0.2, 0) is 10.0 Å². The number of amides is 1. The first-order valence-electron chi connectivity index (χ1n) is 9.60. The Labute approximate surface area is 168 Å². The molecular formula is C19H30ClN3O3S. The number of hydrogen-bond donors (Lipinski definition) is 2. The number of likely N-dealkylation sites (tertiary alicyclic amines) is 1. The molecule has 0 unspecified atom stereocenters. The van der Waals surface area contributed by atoms with E-state index in [0.29, 0.717) is 23.7 Å². The lowest BCUT2D eigenvalue weighted by Crippen LogP contribution is -2.45. The maximum Gasteiger partial charge on any atom is 0.253 e. The van der Waals surface area contributed by atoms with E-state index in [2.05, 4.69) is 10.0 Å². The summed E-state index contributed by atoms with van der Waals surface area (Å²) in [5, 5.41) is 3.62. The molecule has 1 heterocycles. The smallest absolute Gasteiger partial charge is 0.253 e. The van der Waals surface area contributed by atoms with Crippen molar-refractivity contribution in [2.24, 2.45) is 5.92 Å². The molecule has 152 valence electrons. The molecule has 0 aromatic heterocycles. The van der Waals surface area contributed by atoms with Gasteiger partial charge in [0, 0.05) is 30.4 Å². The van der Waals surface area contributed by atoms with Gasteiger partial charge in [-0.1, -0.05) is 6.92 Å². The van der Waals surface area contributed by atoms with E-state index in [9.17, 15) is 13.2 Å². The van der Waals surface area contributed by atoms with Crippen LogP contribution in [0.4, 0.5) is 5.69 Å². The van der Waals surface area contributed by atoms with Crippen molar-refractivity contribution in [3.63, 3.8) is 0 Å². The zero-order valence-corrected chi connectivity index (χ0v) is 17.4. The normalized spacial score (nSPS) is 18.0. The lowest BCUT2D eigenvalue weighted by Gasteiger charge is -2.32. The van der Waals surface area contributed by atoms with Crippen molar-refractivity contribution in [3.05, 3.63) is 29.8 Å². The second-order valence-corrected chi connectivity index (χ2v) is 9.26. The fourth-order valence-electron chi connectivity index (χ4n) is 3.30. The van der Waals surface area contributed by atoms with Gasteiger partial charge in [0.2, 0.25) is 10.0 Å². The summed E-state index contributed by atoms with van der Waals surface area (Å²) in [7, 11) is -3.30. The van der Waals surface area contributed by atoms with Crippen molar-refractivity contribution in [2.45, 2.75) is 45.1 Å². The van der Waals surface area contributed by atoms with Crippen molar-refractivity contribution in [3.8, 4) is 0 Å². The first kappa shape index (κ1) is 22.0. The molecule has 1 aliphatic heterocycles. The molecule has 1 aliphatic carbocycles. The number of hydrogen-bond acceptors (Lipinski definition) is 4. The topological polar surface area (TPSA) is 78.5 Å². The molecule has 1 saturated carbocycles. The van der Waals surface area contributed by atoms with Crippen LogP contribution in [0.5, 0.6) is 0 Å². The van der Waals surface area contributed by atoms with Crippen LogP contribution in [0.25, 0.3) is 0 Å². The molecule has 0 atom stereocenters. The minimum absolute atomic E-state index is 0. The van der Waals surface area contributed by atoms with E-state index in [1.165, 1.54) is 12.8 Å². The Hall–Kier alpha value is -1.31. The maximum absolute atomic E-state index is 12.6. The largest absolute Gasteiger partial charge is 0.339 e. The first-order chi connectivity index (χ1) is 12.5. The number of halogens is 1. The van der Waals surface area contributed by atoms with Gasteiger partial charge in [0.1, 0.15) is 0 Å². The third-order valence-electron chi connectivity index (χ3n) is 5.05. The summed E-state index contributed by atoms with van der Waals surface area (Å²) in [6, 6.07) is 7.23. The highest BCUT2D eigenvalue weighted by atomic mass is 35.5. The molecule has 1 aromatic carbocycles. The van der Waals surface area contributed by atoms with E-state index < -0.39 is 10.0 Å². The summed E-state index contributed by atoms with van der Waals surface area (Å²) in [6.07, 6.45) is 5.27. The molecule has 0 spiro atoms. The van der Waals surface area contributed by atoms with Crippen LogP contribution in [-0.4, -0.2) is 50.7 Å². The molecule has 1 aromatic rings. The van der Waals surface area contributed by atoms with Crippen LogP contribution in [0, 0.1) is 5.92 Å². The number of nitrogens with zero attached hydrogens (tertiary/aromatic N) is 1. The standard InChI is InChI=1S/C19H29N3O3S.ClH/c1-2-13-26(24,25)21-18-7-5-16(6-8-18)19(23)22-11-9-17(10-12-22)20-14-15-3-4-15;/h5-8,15,17,20-21H,2-4,9-14H2,1H3;1H. The quantitative estimate of drug-likeness (QED) is 0.684. The van der Waals surface area contributed by atoms with Crippen LogP contribution in [0.3, 0.4) is 0 Å². The molecule has 0 bridgehead atoms. The van der Waals surface area contributed by atoms with Crippen LogP contribution in [0.15, 0.2) is 24.3 Å². The van der Waals surface area contributed by atoms with Crippen molar-refractivity contribution in [1.29, 1.82) is 0 Å². The lowest BCUT2D eigenvalue weighted by atomic mass is 10.0. The summed E-state index contributed by atoms with van der Waals surface area (Å²) in [5.41, 5.74) is 1.10. The molecular weight excluding hydrogens is 386 g/mol. The summed E-state index contributed by atoms with van der Waals surface area (Å²) >= 11 is 0. The monoisotopic (exact) mass is 415 g/mol. The minimum Gasteiger partial charge on any atom is -0.339 e. The van der Waals surface area contributed by atoms with Crippen molar-refractivity contribution in [2.75, 3.05) is 30.1 Å².